The summed E-state index contributed by atoms with van der Waals surface area (Å²) in [7, 11) is 2.16. The van der Waals surface area contributed by atoms with E-state index in [-0.39, 0.29) is 6.04 Å². The smallest absolute Gasteiger partial charge is 0.239 e. The summed E-state index contributed by atoms with van der Waals surface area (Å²) in [5, 5.41) is 3.40. The average molecular weight is 253 g/mol. The first-order chi connectivity index (χ1) is 8.72. The lowest BCUT2D eigenvalue weighted by atomic mass is 9.98. The highest BCUT2D eigenvalue weighted by Gasteiger charge is 2.34. The number of carbonyl (C=O) groups excluding carboxylic acids is 1. The average Bonchev–Trinajstić information content (AvgIpc) is 2.37. The summed E-state index contributed by atoms with van der Waals surface area (Å²) in [5.74, 6) is 0.343. The van der Waals surface area contributed by atoms with Crippen molar-refractivity contribution >= 4 is 5.91 Å². The monoisotopic (exact) mass is 253 g/mol. The van der Waals surface area contributed by atoms with Crippen LogP contribution in [0.15, 0.2) is 0 Å². The molecule has 0 aliphatic carbocycles. The maximum absolute atomic E-state index is 12.5. The molecule has 0 aromatic carbocycles. The number of rotatable bonds is 4. The van der Waals surface area contributed by atoms with Crippen molar-refractivity contribution in [1.29, 1.82) is 0 Å². The van der Waals surface area contributed by atoms with Crippen LogP contribution >= 0.6 is 0 Å². The van der Waals surface area contributed by atoms with E-state index >= 15 is 0 Å². The van der Waals surface area contributed by atoms with Crippen LogP contribution in [0.1, 0.15) is 39.0 Å². The Labute approximate surface area is 111 Å². The summed E-state index contributed by atoms with van der Waals surface area (Å²) < 4.78 is 0. The highest BCUT2D eigenvalue weighted by atomic mass is 16.2. The van der Waals surface area contributed by atoms with Gasteiger partial charge in [0.15, 0.2) is 0 Å². The molecule has 0 bridgehead atoms. The number of carbonyl (C=O) groups is 1. The van der Waals surface area contributed by atoms with Crippen LogP contribution in [0.3, 0.4) is 0 Å². The van der Waals surface area contributed by atoms with E-state index in [0.29, 0.717) is 11.9 Å². The van der Waals surface area contributed by atoms with Crippen LogP contribution < -0.4 is 5.32 Å². The molecular formula is C14H27N3O. The fourth-order valence-electron chi connectivity index (χ4n) is 3.16. The van der Waals surface area contributed by atoms with Crippen LogP contribution in [0.2, 0.25) is 0 Å². The molecule has 4 heteroatoms. The Bertz CT molecular complexity index is 282. The molecule has 2 atom stereocenters. The summed E-state index contributed by atoms with van der Waals surface area (Å²) in [6, 6.07) is 0.522. The number of likely N-dealkylation sites (tertiary alicyclic amines) is 2. The number of nitrogens with one attached hydrogen (secondary N) is 1. The third-order valence-corrected chi connectivity index (χ3v) is 4.15. The van der Waals surface area contributed by atoms with Crippen LogP contribution in [0.4, 0.5) is 0 Å². The minimum Gasteiger partial charge on any atom is -0.337 e. The van der Waals surface area contributed by atoms with Gasteiger partial charge in [0.25, 0.3) is 0 Å². The molecule has 2 heterocycles. The van der Waals surface area contributed by atoms with Crippen LogP contribution in [0, 0.1) is 0 Å². The van der Waals surface area contributed by atoms with Crippen molar-refractivity contribution in [3.63, 3.8) is 0 Å². The molecule has 2 rings (SSSR count). The Hall–Kier alpha value is -0.610. The third kappa shape index (κ3) is 3.23. The van der Waals surface area contributed by atoms with Gasteiger partial charge in [-0.05, 0) is 52.2 Å². The molecule has 18 heavy (non-hydrogen) atoms. The molecule has 2 saturated heterocycles. The quantitative estimate of drug-likeness (QED) is 0.814. The molecule has 4 nitrogen and oxygen atoms in total. The Morgan fingerprint density at radius 2 is 2.06 bits per heavy atom. The highest BCUT2D eigenvalue weighted by molar-refractivity contribution is 5.83. The summed E-state index contributed by atoms with van der Waals surface area (Å²) in [6.45, 7) is 6.28. The predicted octanol–water partition coefficient (Wildman–Crippen LogP) is 1.07. The number of piperidine rings is 2. The van der Waals surface area contributed by atoms with Crippen molar-refractivity contribution in [1.82, 2.24) is 15.1 Å². The minimum atomic E-state index is 0.0749. The van der Waals surface area contributed by atoms with Gasteiger partial charge in [0, 0.05) is 19.1 Å². The molecule has 1 N–H and O–H groups in total. The second-order valence-electron chi connectivity index (χ2n) is 5.74. The number of nitrogens with zero attached hydrogens (tertiary/aromatic N) is 2. The predicted molar refractivity (Wildman–Crippen MR) is 73.5 cm³/mol. The van der Waals surface area contributed by atoms with Crippen molar-refractivity contribution in [2.45, 2.75) is 51.1 Å². The van der Waals surface area contributed by atoms with E-state index in [1.807, 2.05) is 0 Å². The number of likely N-dealkylation sites (N-methyl/N-ethyl adjacent to an activating group) is 1. The van der Waals surface area contributed by atoms with Gasteiger partial charge >= 0.3 is 0 Å². The Morgan fingerprint density at radius 1 is 1.28 bits per heavy atom. The molecule has 0 spiro atoms. The van der Waals surface area contributed by atoms with Crippen LogP contribution in [0.5, 0.6) is 0 Å². The summed E-state index contributed by atoms with van der Waals surface area (Å²) in [6.07, 6.45) is 5.65. The standard InChI is InChI=1S/C14H27N3O/c1-3-8-15-13-7-5-10-17(14(13)18)12-6-4-9-16(2)11-12/h12-13,15H,3-11H2,1-2H3. The summed E-state index contributed by atoms with van der Waals surface area (Å²) in [5.41, 5.74) is 0. The first-order valence-corrected chi connectivity index (χ1v) is 7.44. The first-order valence-electron chi connectivity index (χ1n) is 7.44. The van der Waals surface area contributed by atoms with Gasteiger partial charge in [-0.3, -0.25) is 4.79 Å². The zero-order chi connectivity index (χ0) is 13.0. The first kappa shape index (κ1) is 13.8. The number of hydrogen-bond donors (Lipinski definition) is 1. The lowest BCUT2D eigenvalue weighted by Crippen LogP contribution is -2.57. The Balaban J connectivity index is 1.92. The van der Waals surface area contributed by atoms with Gasteiger partial charge in [0.2, 0.25) is 5.91 Å². The number of amides is 1. The minimum absolute atomic E-state index is 0.0749. The van der Waals surface area contributed by atoms with Gasteiger partial charge in [-0.15, -0.1) is 0 Å². The molecule has 2 unspecified atom stereocenters. The molecule has 2 aliphatic heterocycles. The molecule has 2 fully saturated rings. The van der Waals surface area contributed by atoms with E-state index in [4.69, 9.17) is 0 Å². The Morgan fingerprint density at radius 3 is 2.78 bits per heavy atom. The molecule has 104 valence electrons. The van der Waals surface area contributed by atoms with Gasteiger partial charge in [-0.1, -0.05) is 6.92 Å². The molecule has 0 aromatic rings. The van der Waals surface area contributed by atoms with Crippen molar-refractivity contribution in [3.8, 4) is 0 Å². The maximum atomic E-state index is 12.5. The fourth-order valence-corrected chi connectivity index (χ4v) is 3.16. The van der Waals surface area contributed by atoms with Crippen LogP contribution in [0.25, 0.3) is 0 Å². The van der Waals surface area contributed by atoms with Gasteiger partial charge < -0.3 is 15.1 Å². The van der Waals surface area contributed by atoms with Gasteiger partial charge in [0.1, 0.15) is 0 Å². The largest absolute Gasteiger partial charge is 0.337 e. The van der Waals surface area contributed by atoms with Crippen molar-refractivity contribution in [2.24, 2.45) is 0 Å². The summed E-state index contributed by atoms with van der Waals surface area (Å²) >= 11 is 0. The normalized spacial score (nSPS) is 30.8. The van der Waals surface area contributed by atoms with E-state index in [2.05, 4.69) is 29.1 Å². The zero-order valence-electron chi connectivity index (χ0n) is 11.8. The fraction of sp³-hybridized carbons (Fsp3) is 0.929. The van der Waals surface area contributed by atoms with Crippen LogP contribution in [-0.2, 0) is 4.79 Å². The van der Waals surface area contributed by atoms with Gasteiger partial charge in [0.05, 0.1) is 6.04 Å². The van der Waals surface area contributed by atoms with E-state index in [9.17, 15) is 4.79 Å². The third-order valence-electron chi connectivity index (χ3n) is 4.15. The zero-order valence-corrected chi connectivity index (χ0v) is 11.8. The molecule has 0 saturated carbocycles. The second-order valence-corrected chi connectivity index (χ2v) is 5.74. The molecular weight excluding hydrogens is 226 g/mol. The van der Waals surface area contributed by atoms with E-state index in [1.165, 1.54) is 19.4 Å². The summed E-state index contributed by atoms with van der Waals surface area (Å²) in [4.78, 5) is 17.0. The maximum Gasteiger partial charge on any atom is 0.239 e. The molecule has 0 radical (unpaired) electrons. The van der Waals surface area contributed by atoms with E-state index in [1.54, 1.807) is 0 Å². The molecule has 2 aliphatic rings. The van der Waals surface area contributed by atoms with Crippen LogP contribution in [-0.4, -0.2) is 61.0 Å². The lowest BCUT2D eigenvalue weighted by Gasteiger charge is -2.42. The van der Waals surface area contributed by atoms with Crippen molar-refractivity contribution in [2.75, 3.05) is 33.2 Å². The highest BCUT2D eigenvalue weighted by Crippen LogP contribution is 2.20. The topological polar surface area (TPSA) is 35.6 Å². The van der Waals surface area contributed by atoms with Crippen molar-refractivity contribution < 1.29 is 4.79 Å². The van der Waals surface area contributed by atoms with E-state index < -0.39 is 0 Å². The number of hydrogen-bond acceptors (Lipinski definition) is 3. The lowest BCUT2D eigenvalue weighted by molar-refractivity contribution is -0.139. The molecule has 1 amide bonds. The Kier molecular flexibility index (Phi) is 5.01. The van der Waals surface area contributed by atoms with Gasteiger partial charge in [-0.25, -0.2) is 0 Å². The molecule has 0 aromatic heterocycles. The van der Waals surface area contributed by atoms with Crippen molar-refractivity contribution in [3.05, 3.63) is 0 Å². The van der Waals surface area contributed by atoms with Gasteiger partial charge in [-0.2, -0.15) is 0 Å². The van der Waals surface area contributed by atoms with E-state index in [0.717, 1.165) is 38.9 Å². The second kappa shape index (κ2) is 6.53. The SMILES string of the molecule is CCCNC1CCCN(C2CCCN(C)C2)C1=O.